The molecule has 2 aliphatic heterocycles. The summed E-state index contributed by atoms with van der Waals surface area (Å²) in [5, 5.41) is 9.18. The standard InChI is InChI=1S/C22H23F4N5OS/c1-12-19(32-11-27-12)20-28-29-21(30(20)2)33-8-4-5-13-9-14-10-31(14)18(13)15-6-3-7-16(17(15)23)22(24,25)26/h3,6-7,11,13-14,18H,4-5,8-10H2,1-2H3. The van der Waals surface area contributed by atoms with Gasteiger partial charge < -0.3 is 8.98 Å². The molecule has 1 aromatic carbocycles. The van der Waals surface area contributed by atoms with Crippen molar-refractivity contribution >= 4 is 11.8 Å². The molecule has 4 atom stereocenters. The van der Waals surface area contributed by atoms with Crippen LogP contribution in [0.5, 0.6) is 0 Å². The van der Waals surface area contributed by atoms with Gasteiger partial charge in [0.2, 0.25) is 5.82 Å². The van der Waals surface area contributed by atoms with E-state index in [1.807, 2.05) is 18.5 Å². The van der Waals surface area contributed by atoms with Crippen molar-refractivity contribution in [2.45, 2.75) is 49.6 Å². The van der Waals surface area contributed by atoms with Crippen molar-refractivity contribution in [1.29, 1.82) is 0 Å². The SMILES string of the molecule is Cc1ncoc1-c1nnc(SCCCC2CC3CN3C2c2cccc(C(F)(F)F)c2F)n1C. The molecule has 0 aliphatic carbocycles. The molecular formula is C22H23F4N5OS. The van der Waals surface area contributed by atoms with Crippen LogP contribution in [0, 0.1) is 18.7 Å². The Hall–Kier alpha value is -2.40. The lowest BCUT2D eigenvalue weighted by Gasteiger charge is -2.25. The smallest absolute Gasteiger partial charge is 0.419 e. The second kappa shape index (κ2) is 8.43. The summed E-state index contributed by atoms with van der Waals surface area (Å²) in [6.45, 7) is 2.67. The lowest BCUT2D eigenvalue weighted by atomic mass is 9.87. The molecule has 0 radical (unpaired) electrons. The third-order valence-corrected chi connectivity index (χ3v) is 7.63. The van der Waals surface area contributed by atoms with Gasteiger partial charge in [-0.2, -0.15) is 13.2 Å². The number of piperidine rings is 1. The summed E-state index contributed by atoms with van der Waals surface area (Å²) in [7, 11) is 1.86. The van der Waals surface area contributed by atoms with Gasteiger partial charge in [0.25, 0.3) is 0 Å². The summed E-state index contributed by atoms with van der Waals surface area (Å²) >= 11 is 1.56. The molecule has 6 nitrogen and oxygen atoms in total. The quantitative estimate of drug-likeness (QED) is 0.199. The first-order chi connectivity index (χ1) is 15.8. The topological polar surface area (TPSA) is 59.8 Å². The molecule has 4 heterocycles. The van der Waals surface area contributed by atoms with Crippen LogP contribution < -0.4 is 0 Å². The zero-order chi connectivity index (χ0) is 23.3. The summed E-state index contributed by atoms with van der Waals surface area (Å²) < 4.78 is 61.7. The van der Waals surface area contributed by atoms with Gasteiger partial charge in [0.05, 0.1) is 11.3 Å². The van der Waals surface area contributed by atoms with Crippen molar-refractivity contribution in [2.75, 3.05) is 12.3 Å². The first-order valence-electron chi connectivity index (χ1n) is 10.8. The van der Waals surface area contributed by atoms with Crippen LogP contribution in [0.15, 0.2) is 34.2 Å². The van der Waals surface area contributed by atoms with E-state index >= 15 is 0 Å². The fourth-order valence-electron chi connectivity index (χ4n) is 4.87. The highest BCUT2D eigenvalue weighted by Crippen LogP contribution is 2.52. The number of rotatable bonds is 7. The zero-order valence-electron chi connectivity index (χ0n) is 18.1. The maximum Gasteiger partial charge on any atom is 0.419 e. The van der Waals surface area contributed by atoms with Gasteiger partial charge in [-0.15, -0.1) is 10.2 Å². The molecule has 0 amide bonds. The van der Waals surface area contributed by atoms with Gasteiger partial charge in [0.15, 0.2) is 17.3 Å². The summed E-state index contributed by atoms with van der Waals surface area (Å²) in [5.41, 5.74) is -0.271. The summed E-state index contributed by atoms with van der Waals surface area (Å²) in [5.74, 6) is 0.976. The van der Waals surface area contributed by atoms with E-state index in [2.05, 4.69) is 20.1 Å². The number of halogens is 4. The van der Waals surface area contributed by atoms with Crippen LogP contribution in [-0.4, -0.2) is 43.0 Å². The van der Waals surface area contributed by atoms with Crippen LogP contribution in [0.1, 0.15) is 42.1 Å². The van der Waals surface area contributed by atoms with E-state index in [4.69, 9.17) is 4.42 Å². The van der Waals surface area contributed by atoms with E-state index in [1.54, 1.807) is 11.8 Å². The minimum Gasteiger partial charge on any atom is -0.440 e. The van der Waals surface area contributed by atoms with Crippen LogP contribution in [0.25, 0.3) is 11.6 Å². The Bertz CT molecular complexity index is 1160. The van der Waals surface area contributed by atoms with Crippen LogP contribution in [0.2, 0.25) is 0 Å². The number of thioether (sulfide) groups is 1. The monoisotopic (exact) mass is 481 g/mol. The van der Waals surface area contributed by atoms with Crippen molar-refractivity contribution in [3.63, 3.8) is 0 Å². The Morgan fingerprint density at radius 3 is 2.79 bits per heavy atom. The highest BCUT2D eigenvalue weighted by molar-refractivity contribution is 7.99. The van der Waals surface area contributed by atoms with Crippen molar-refractivity contribution in [1.82, 2.24) is 24.6 Å². The number of aryl methyl sites for hydroxylation is 1. The first-order valence-corrected chi connectivity index (χ1v) is 11.8. The third kappa shape index (κ3) is 4.16. The minimum absolute atomic E-state index is 0.134. The van der Waals surface area contributed by atoms with Gasteiger partial charge in [-0.25, -0.2) is 9.37 Å². The van der Waals surface area contributed by atoms with Gasteiger partial charge >= 0.3 is 6.18 Å². The predicted molar refractivity (Wildman–Crippen MR) is 114 cm³/mol. The number of alkyl halides is 3. The lowest BCUT2D eigenvalue weighted by Crippen LogP contribution is -2.19. The van der Waals surface area contributed by atoms with Crippen molar-refractivity contribution in [3.8, 4) is 11.6 Å². The molecule has 33 heavy (non-hydrogen) atoms. The fourth-order valence-corrected chi connectivity index (χ4v) is 5.74. The molecule has 0 spiro atoms. The molecular weight excluding hydrogens is 458 g/mol. The van der Waals surface area contributed by atoms with Crippen LogP contribution in [0.3, 0.4) is 0 Å². The largest absolute Gasteiger partial charge is 0.440 e. The maximum atomic E-state index is 14.8. The third-order valence-electron chi connectivity index (χ3n) is 6.52. The van der Waals surface area contributed by atoms with Gasteiger partial charge in [-0.3, -0.25) is 4.90 Å². The second-order valence-corrected chi connectivity index (χ2v) is 9.68. The van der Waals surface area contributed by atoms with Gasteiger partial charge in [0, 0.05) is 37.0 Å². The Morgan fingerprint density at radius 1 is 1.24 bits per heavy atom. The van der Waals surface area contributed by atoms with E-state index in [0.717, 1.165) is 48.5 Å². The second-order valence-electron chi connectivity index (χ2n) is 8.62. The fraction of sp³-hybridized carbons (Fsp3) is 0.500. The molecule has 0 saturated carbocycles. The van der Waals surface area contributed by atoms with Crippen molar-refractivity contribution in [2.24, 2.45) is 13.0 Å². The molecule has 5 rings (SSSR count). The number of aromatic nitrogens is 4. The van der Waals surface area contributed by atoms with E-state index in [-0.39, 0.29) is 17.5 Å². The number of fused-ring (bicyclic) bond motifs is 1. The first kappa shape index (κ1) is 22.4. The van der Waals surface area contributed by atoms with E-state index in [0.29, 0.717) is 17.6 Å². The summed E-state index contributed by atoms with van der Waals surface area (Å²) in [6.07, 6.45) is -0.771. The van der Waals surface area contributed by atoms with Crippen molar-refractivity contribution in [3.05, 3.63) is 47.2 Å². The highest BCUT2D eigenvalue weighted by Gasteiger charge is 2.52. The minimum atomic E-state index is -4.69. The van der Waals surface area contributed by atoms with Gasteiger partial charge in [0.1, 0.15) is 5.82 Å². The molecule has 4 unspecified atom stereocenters. The average molecular weight is 482 g/mol. The number of hydrogen-bond acceptors (Lipinski definition) is 6. The summed E-state index contributed by atoms with van der Waals surface area (Å²) in [4.78, 5) is 6.20. The highest BCUT2D eigenvalue weighted by atomic mass is 32.2. The Balaban J connectivity index is 1.23. The number of nitrogens with zero attached hydrogens (tertiary/aromatic N) is 5. The Morgan fingerprint density at radius 2 is 2.06 bits per heavy atom. The normalized spacial score (nSPS) is 24.3. The predicted octanol–water partition coefficient (Wildman–Crippen LogP) is 5.25. The van der Waals surface area contributed by atoms with Gasteiger partial charge in [-0.05, 0) is 38.2 Å². The average Bonchev–Trinajstić information content (AvgIpc) is 3.04. The molecule has 0 N–H and O–H groups in total. The van der Waals surface area contributed by atoms with Gasteiger partial charge in [-0.1, -0.05) is 23.9 Å². The van der Waals surface area contributed by atoms with E-state index in [1.165, 1.54) is 18.5 Å². The molecule has 2 fully saturated rings. The molecule has 0 bridgehead atoms. The van der Waals surface area contributed by atoms with Crippen LogP contribution >= 0.6 is 11.8 Å². The molecule has 2 aliphatic rings. The molecule has 2 saturated heterocycles. The number of benzene rings is 1. The number of hydrogen-bond donors (Lipinski definition) is 0. The van der Waals surface area contributed by atoms with Crippen LogP contribution in [-0.2, 0) is 13.2 Å². The molecule has 11 heteroatoms. The number of oxazole rings is 1. The Kier molecular flexibility index (Phi) is 5.72. The lowest BCUT2D eigenvalue weighted by molar-refractivity contribution is -0.140. The molecule has 3 aromatic rings. The van der Waals surface area contributed by atoms with Crippen LogP contribution in [0.4, 0.5) is 17.6 Å². The zero-order valence-corrected chi connectivity index (χ0v) is 19.0. The molecule has 2 aromatic heterocycles. The van der Waals surface area contributed by atoms with Crippen molar-refractivity contribution < 1.29 is 22.0 Å². The Labute approximate surface area is 192 Å². The van der Waals surface area contributed by atoms with E-state index in [9.17, 15) is 17.6 Å². The maximum absolute atomic E-state index is 14.8. The summed E-state index contributed by atoms with van der Waals surface area (Å²) in [6, 6.07) is 3.69. The molecule has 176 valence electrons. The van der Waals surface area contributed by atoms with E-state index < -0.39 is 17.6 Å².